The molecule has 5 nitrogen and oxygen atoms in total. The van der Waals surface area contributed by atoms with Crippen molar-refractivity contribution in [3.63, 3.8) is 0 Å². The average molecular weight is 370 g/mol. The Hall–Kier alpha value is -0.440. The Bertz CT molecular complexity index is 539. The lowest BCUT2D eigenvalue weighted by Crippen LogP contribution is -2.24. The lowest BCUT2D eigenvalue weighted by Gasteiger charge is -2.04. The molecule has 1 aromatic heterocycles. The van der Waals surface area contributed by atoms with Gasteiger partial charge < -0.3 is 4.74 Å². The monoisotopic (exact) mass is 369 g/mol. The van der Waals surface area contributed by atoms with Crippen molar-refractivity contribution in [2.24, 2.45) is 0 Å². The molecule has 0 saturated heterocycles. The van der Waals surface area contributed by atoms with Crippen LogP contribution in [0.4, 0.5) is 0 Å². The predicted octanol–water partition coefficient (Wildman–Crippen LogP) is 2.77. The largest absolute Gasteiger partial charge is 0.465 e. The molecule has 1 N–H and O–H groups in total. The van der Waals surface area contributed by atoms with Gasteiger partial charge >= 0.3 is 5.97 Å². The van der Waals surface area contributed by atoms with E-state index < -0.39 is 16.0 Å². The number of hydrogen-bond acceptors (Lipinski definition) is 5. The number of rotatable bonds is 7. The molecule has 1 heterocycles. The highest BCUT2D eigenvalue weighted by Crippen LogP contribution is 2.31. The van der Waals surface area contributed by atoms with Gasteiger partial charge in [0.1, 0.15) is 9.77 Å². The first kappa shape index (κ1) is 16.6. The number of ether oxygens (including phenoxy) is 1. The van der Waals surface area contributed by atoms with E-state index in [4.69, 9.17) is 0 Å². The maximum absolute atomic E-state index is 12.1. The van der Waals surface area contributed by atoms with Gasteiger partial charge in [-0.15, -0.1) is 11.3 Å². The fourth-order valence-corrected chi connectivity index (χ4v) is 4.95. The zero-order valence-electron chi connectivity index (χ0n) is 10.7. The summed E-state index contributed by atoms with van der Waals surface area (Å²) in [6.45, 7) is 2.44. The van der Waals surface area contributed by atoms with Crippen LogP contribution >= 0.6 is 27.3 Å². The maximum Gasteiger partial charge on any atom is 0.348 e. The number of unbranched alkanes of at least 4 members (excludes halogenated alkanes) is 2. The molecule has 0 bridgehead atoms. The van der Waals surface area contributed by atoms with Gasteiger partial charge in [-0.05, 0) is 28.4 Å². The minimum atomic E-state index is -3.59. The molecule has 0 atom stereocenters. The third kappa shape index (κ3) is 4.55. The molecule has 1 rings (SSSR count). The van der Waals surface area contributed by atoms with Crippen LogP contribution in [0.1, 0.15) is 35.9 Å². The van der Waals surface area contributed by atoms with Gasteiger partial charge in [0.2, 0.25) is 10.0 Å². The van der Waals surface area contributed by atoms with Gasteiger partial charge in [0.15, 0.2) is 0 Å². The summed E-state index contributed by atoms with van der Waals surface area (Å²) in [5.74, 6) is -0.543. The van der Waals surface area contributed by atoms with E-state index >= 15 is 0 Å². The molecule has 0 aromatic carbocycles. The Balaban J connectivity index is 2.83. The molecule has 19 heavy (non-hydrogen) atoms. The summed E-state index contributed by atoms with van der Waals surface area (Å²) in [5, 5.41) is 0. The summed E-state index contributed by atoms with van der Waals surface area (Å²) in [4.78, 5) is 11.7. The molecular formula is C11H16BrNO4S2. The van der Waals surface area contributed by atoms with Crippen molar-refractivity contribution < 1.29 is 17.9 Å². The van der Waals surface area contributed by atoms with Crippen LogP contribution < -0.4 is 4.72 Å². The summed E-state index contributed by atoms with van der Waals surface area (Å²) in [7, 11) is -2.33. The van der Waals surface area contributed by atoms with Crippen molar-refractivity contribution in [2.45, 2.75) is 31.1 Å². The minimum absolute atomic E-state index is 0.0781. The molecule has 0 fully saturated rings. The standard InChI is InChI=1S/C11H16BrNO4S2/c1-3-4-5-6-13-19(15,16)9-7-8(11(14)17-2)18-10(9)12/h7,13H,3-6H2,1-2H3. The Morgan fingerprint density at radius 1 is 1.47 bits per heavy atom. The van der Waals surface area contributed by atoms with E-state index in [-0.39, 0.29) is 9.77 Å². The van der Waals surface area contributed by atoms with E-state index in [0.717, 1.165) is 30.6 Å². The van der Waals surface area contributed by atoms with E-state index in [0.29, 0.717) is 10.3 Å². The normalized spacial score (nSPS) is 11.5. The zero-order chi connectivity index (χ0) is 14.5. The Morgan fingerprint density at radius 2 is 2.16 bits per heavy atom. The minimum Gasteiger partial charge on any atom is -0.465 e. The summed E-state index contributed by atoms with van der Waals surface area (Å²) in [6, 6.07) is 1.32. The predicted molar refractivity (Wildman–Crippen MR) is 78.1 cm³/mol. The lowest BCUT2D eigenvalue weighted by atomic mass is 10.3. The van der Waals surface area contributed by atoms with Gasteiger partial charge in [0.05, 0.1) is 10.9 Å². The molecular weight excluding hydrogens is 354 g/mol. The van der Waals surface area contributed by atoms with Crippen molar-refractivity contribution in [3.8, 4) is 0 Å². The number of nitrogens with one attached hydrogen (secondary N) is 1. The number of halogens is 1. The van der Waals surface area contributed by atoms with Crippen molar-refractivity contribution in [1.82, 2.24) is 4.72 Å². The summed E-state index contributed by atoms with van der Waals surface area (Å²) >= 11 is 4.21. The highest BCUT2D eigenvalue weighted by molar-refractivity contribution is 9.11. The number of carbonyl (C=O) groups is 1. The first-order valence-electron chi connectivity index (χ1n) is 5.79. The van der Waals surface area contributed by atoms with Crippen molar-refractivity contribution in [1.29, 1.82) is 0 Å². The van der Waals surface area contributed by atoms with E-state index in [9.17, 15) is 13.2 Å². The second-order valence-electron chi connectivity index (χ2n) is 3.85. The molecule has 0 amide bonds. The van der Waals surface area contributed by atoms with Crippen molar-refractivity contribution >= 4 is 43.3 Å². The Morgan fingerprint density at radius 3 is 2.74 bits per heavy atom. The van der Waals surface area contributed by atoms with Crippen LogP contribution in [0.3, 0.4) is 0 Å². The molecule has 108 valence electrons. The van der Waals surface area contributed by atoms with Crippen LogP contribution in [0.15, 0.2) is 14.7 Å². The van der Waals surface area contributed by atoms with Gasteiger partial charge in [0, 0.05) is 6.54 Å². The molecule has 8 heteroatoms. The van der Waals surface area contributed by atoms with E-state index in [1.54, 1.807) is 0 Å². The highest BCUT2D eigenvalue weighted by Gasteiger charge is 2.23. The lowest BCUT2D eigenvalue weighted by molar-refractivity contribution is 0.0606. The zero-order valence-corrected chi connectivity index (χ0v) is 14.0. The van der Waals surface area contributed by atoms with Crippen molar-refractivity contribution in [2.75, 3.05) is 13.7 Å². The number of sulfonamides is 1. The second-order valence-corrected chi connectivity index (χ2v) is 7.95. The van der Waals surface area contributed by atoms with Gasteiger partial charge in [-0.3, -0.25) is 0 Å². The topological polar surface area (TPSA) is 72.5 Å². The first-order chi connectivity index (χ1) is 8.92. The second kappa shape index (κ2) is 7.37. The maximum atomic E-state index is 12.1. The molecule has 0 unspecified atom stereocenters. The number of esters is 1. The Kier molecular flexibility index (Phi) is 6.45. The van der Waals surface area contributed by atoms with Gasteiger partial charge in [-0.25, -0.2) is 17.9 Å². The quantitative estimate of drug-likeness (QED) is 0.592. The number of carbonyl (C=O) groups excluding carboxylic acids is 1. The summed E-state index contributed by atoms with van der Waals surface area (Å²) in [5.41, 5.74) is 0. The van der Waals surface area contributed by atoms with Gasteiger partial charge in [-0.2, -0.15) is 0 Å². The van der Waals surface area contributed by atoms with Crippen LogP contribution in [0.5, 0.6) is 0 Å². The summed E-state index contributed by atoms with van der Waals surface area (Å²) in [6.07, 6.45) is 2.79. The third-order valence-corrected chi connectivity index (χ3v) is 6.10. The van der Waals surface area contributed by atoms with Crippen LogP contribution in [0, 0.1) is 0 Å². The van der Waals surface area contributed by atoms with Crippen LogP contribution in [0.25, 0.3) is 0 Å². The van der Waals surface area contributed by atoms with Crippen LogP contribution in [-0.2, 0) is 14.8 Å². The fraction of sp³-hybridized carbons (Fsp3) is 0.545. The van der Waals surface area contributed by atoms with Crippen molar-refractivity contribution in [3.05, 3.63) is 14.7 Å². The van der Waals surface area contributed by atoms with Gasteiger partial charge in [0.25, 0.3) is 0 Å². The smallest absolute Gasteiger partial charge is 0.348 e. The molecule has 0 saturated carbocycles. The first-order valence-corrected chi connectivity index (χ1v) is 8.89. The molecule has 0 radical (unpaired) electrons. The molecule has 0 aliphatic rings. The van der Waals surface area contributed by atoms with E-state index in [1.807, 2.05) is 6.92 Å². The average Bonchev–Trinajstić information content (AvgIpc) is 2.76. The number of methoxy groups -OCH3 is 1. The van der Waals surface area contributed by atoms with Gasteiger partial charge in [-0.1, -0.05) is 19.8 Å². The molecule has 1 aromatic rings. The van der Waals surface area contributed by atoms with Crippen LogP contribution in [0.2, 0.25) is 0 Å². The molecule has 0 aliphatic heterocycles. The number of thiophene rings is 1. The van der Waals surface area contributed by atoms with Crippen LogP contribution in [-0.4, -0.2) is 28.0 Å². The van der Waals surface area contributed by atoms with E-state index in [1.165, 1.54) is 13.2 Å². The van der Waals surface area contributed by atoms with E-state index in [2.05, 4.69) is 25.4 Å². The third-order valence-electron chi connectivity index (χ3n) is 2.40. The summed E-state index contributed by atoms with van der Waals surface area (Å²) < 4.78 is 31.6. The highest BCUT2D eigenvalue weighted by atomic mass is 79.9. The number of hydrogen-bond donors (Lipinski definition) is 1. The molecule has 0 spiro atoms. The molecule has 0 aliphatic carbocycles. The Labute approximate surface area is 125 Å². The fourth-order valence-electron chi connectivity index (χ4n) is 1.40. The SMILES string of the molecule is CCCCCNS(=O)(=O)c1cc(C(=O)OC)sc1Br.